The Morgan fingerprint density at radius 3 is 2.75 bits per heavy atom. The van der Waals surface area contributed by atoms with Crippen LogP contribution in [-0.2, 0) is 9.59 Å². The van der Waals surface area contributed by atoms with Gasteiger partial charge in [0.2, 0.25) is 17.8 Å². The lowest BCUT2D eigenvalue weighted by Crippen LogP contribution is -2.32. The van der Waals surface area contributed by atoms with Crippen molar-refractivity contribution in [1.82, 2.24) is 9.97 Å². The molecule has 1 rings (SSSR count). The minimum atomic E-state index is -0.666. The van der Waals surface area contributed by atoms with Crippen LogP contribution in [0.3, 0.4) is 0 Å². The van der Waals surface area contributed by atoms with Gasteiger partial charge in [-0.25, -0.2) is 4.98 Å². The molecule has 0 spiro atoms. The van der Waals surface area contributed by atoms with Crippen molar-refractivity contribution < 1.29 is 9.59 Å². The van der Waals surface area contributed by atoms with E-state index in [2.05, 4.69) is 15.3 Å². The van der Waals surface area contributed by atoms with E-state index in [9.17, 15) is 9.59 Å². The minimum Gasteiger partial charge on any atom is -0.369 e. The van der Waals surface area contributed by atoms with E-state index in [0.29, 0.717) is 12.4 Å². The Labute approximate surface area is 93.6 Å². The number of hydrogen-bond donors (Lipinski definition) is 3. The number of rotatable bonds is 5. The van der Waals surface area contributed by atoms with E-state index >= 15 is 0 Å². The lowest BCUT2D eigenvalue weighted by molar-refractivity contribution is -0.126. The molecule has 6 nitrogen and oxygen atoms in total. The van der Waals surface area contributed by atoms with Gasteiger partial charge in [0.25, 0.3) is 0 Å². The molecule has 0 saturated heterocycles. The monoisotopic (exact) mass is 224 g/mol. The van der Waals surface area contributed by atoms with Gasteiger partial charge < -0.3 is 10.7 Å². The zero-order valence-electron chi connectivity index (χ0n) is 9.41. The summed E-state index contributed by atoms with van der Waals surface area (Å²) in [6, 6.07) is 0. The van der Waals surface area contributed by atoms with Crippen molar-refractivity contribution in [2.45, 2.75) is 26.7 Å². The zero-order valence-corrected chi connectivity index (χ0v) is 9.41. The van der Waals surface area contributed by atoms with E-state index in [1.165, 1.54) is 0 Å². The number of H-pyrrole nitrogens is 1. The number of imidazole rings is 1. The van der Waals surface area contributed by atoms with Gasteiger partial charge in [0.1, 0.15) is 0 Å². The van der Waals surface area contributed by atoms with Crippen molar-refractivity contribution in [1.29, 1.82) is 0 Å². The molecule has 0 aliphatic carbocycles. The highest BCUT2D eigenvalue weighted by Crippen LogP contribution is 2.21. The van der Waals surface area contributed by atoms with E-state index in [1.807, 2.05) is 0 Å². The summed E-state index contributed by atoms with van der Waals surface area (Å²) in [6.45, 7) is 3.44. The van der Waals surface area contributed by atoms with Crippen LogP contribution in [0.1, 0.15) is 26.7 Å². The summed E-state index contributed by atoms with van der Waals surface area (Å²) in [5, 5.41) is 2.58. The Balaban J connectivity index is 2.39. The summed E-state index contributed by atoms with van der Waals surface area (Å²) >= 11 is 0. The molecule has 0 aromatic carbocycles. The van der Waals surface area contributed by atoms with Gasteiger partial charge in [-0.3, -0.25) is 14.9 Å². The first-order valence-electron chi connectivity index (χ1n) is 5.01. The van der Waals surface area contributed by atoms with E-state index in [0.717, 1.165) is 0 Å². The van der Waals surface area contributed by atoms with Crippen LogP contribution in [0.15, 0.2) is 12.4 Å². The molecule has 0 unspecified atom stereocenters. The highest BCUT2D eigenvalue weighted by molar-refractivity contribution is 5.89. The van der Waals surface area contributed by atoms with E-state index in [1.54, 1.807) is 26.2 Å². The molecule has 6 heteroatoms. The van der Waals surface area contributed by atoms with Crippen molar-refractivity contribution in [2.75, 3.05) is 5.32 Å². The number of anilines is 1. The molecule has 1 aromatic rings. The van der Waals surface area contributed by atoms with Crippen molar-refractivity contribution in [2.24, 2.45) is 11.1 Å². The fourth-order valence-corrected chi connectivity index (χ4v) is 1.08. The van der Waals surface area contributed by atoms with Gasteiger partial charge >= 0.3 is 0 Å². The molecule has 88 valence electrons. The molecule has 0 aliphatic heterocycles. The van der Waals surface area contributed by atoms with Crippen LogP contribution in [0.4, 0.5) is 5.95 Å². The van der Waals surface area contributed by atoms with Gasteiger partial charge in [-0.2, -0.15) is 0 Å². The number of carbonyl (C=O) groups is 2. The van der Waals surface area contributed by atoms with Crippen LogP contribution in [0.2, 0.25) is 0 Å². The van der Waals surface area contributed by atoms with Crippen molar-refractivity contribution in [3.8, 4) is 0 Å². The highest BCUT2D eigenvalue weighted by Gasteiger charge is 2.25. The molecule has 0 atom stereocenters. The Hall–Kier alpha value is -1.85. The smallest absolute Gasteiger partial charge is 0.226 e. The fourth-order valence-electron chi connectivity index (χ4n) is 1.08. The van der Waals surface area contributed by atoms with Crippen LogP contribution in [-0.4, -0.2) is 21.8 Å². The maximum absolute atomic E-state index is 11.5. The summed E-state index contributed by atoms with van der Waals surface area (Å²) in [7, 11) is 0. The number of nitrogens with one attached hydrogen (secondary N) is 2. The maximum Gasteiger partial charge on any atom is 0.226 e. The summed E-state index contributed by atoms with van der Waals surface area (Å²) in [6.07, 6.45) is 3.80. The average Bonchev–Trinajstić information content (AvgIpc) is 2.67. The third-order valence-electron chi connectivity index (χ3n) is 2.40. The first-order chi connectivity index (χ1) is 7.42. The zero-order chi connectivity index (χ0) is 12.2. The number of nitrogens with zero attached hydrogens (tertiary/aromatic N) is 1. The summed E-state index contributed by atoms with van der Waals surface area (Å²) in [5.41, 5.74) is 4.54. The molecule has 2 amide bonds. The maximum atomic E-state index is 11.5. The molecule has 1 heterocycles. The third-order valence-corrected chi connectivity index (χ3v) is 2.40. The molecule has 0 bridgehead atoms. The number of hydrogen-bond acceptors (Lipinski definition) is 3. The van der Waals surface area contributed by atoms with Crippen LogP contribution >= 0.6 is 0 Å². The summed E-state index contributed by atoms with van der Waals surface area (Å²) < 4.78 is 0. The summed E-state index contributed by atoms with van der Waals surface area (Å²) in [4.78, 5) is 29.1. The van der Waals surface area contributed by atoms with Crippen molar-refractivity contribution in [3.63, 3.8) is 0 Å². The van der Waals surface area contributed by atoms with Gasteiger partial charge in [0, 0.05) is 24.2 Å². The van der Waals surface area contributed by atoms with E-state index in [4.69, 9.17) is 5.73 Å². The van der Waals surface area contributed by atoms with Gasteiger partial charge in [0.05, 0.1) is 0 Å². The number of nitrogens with two attached hydrogens (primary N) is 1. The first kappa shape index (κ1) is 12.2. The number of aromatic nitrogens is 2. The number of aromatic amines is 1. The molecule has 16 heavy (non-hydrogen) atoms. The van der Waals surface area contributed by atoms with Crippen LogP contribution in [0, 0.1) is 5.41 Å². The summed E-state index contributed by atoms with van der Waals surface area (Å²) in [5.74, 6) is -0.190. The Morgan fingerprint density at radius 2 is 2.25 bits per heavy atom. The fraction of sp³-hybridized carbons (Fsp3) is 0.500. The first-order valence-corrected chi connectivity index (χ1v) is 5.01. The number of primary amides is 1. The van der Waals surface area contributed by atoms with Gasteiger partial charge in [-0.05, 0) is 6.42 Å². The highest BCUT2D eigenvalue weighted by atomic mass is 16.2. The lowest BCUT2D eigenvalue weighted by Gasteiger charge is -2.19. The Morgan fingerprint density at radius 1 is 1.56 bits per heavy atom. The molecule has 0 fully saturated rings. The SMILES string of the molecule is CC(C)(CCC(=O)Nc1ncc[nH]1)C(N)=O. The molecule has 4 N–H and O–H groups in total. The van der Waals surface area contributed by atoms with Crippen LogP contribution < -0.4 is 11.1 Å². The standard InChI is InChI=1S/C10H16N4O2/c1-10(2,8(11)16)4-3-7(15)14-9-12-5-6-13-9/h5-6H,3-4H2,1-2H3,(H2,11,16)(H2,12,13,14,15). The minimum absolute atomic E-state index is 0.190. The average molecular weight is 224 g/mol. The normalized spacial score (nSPS) is 11.1. The molecular formula is C10H16N4O2. The molecule has 0 saturated carbocycles. The molecule has 1 aromatic heterocycles. The van der Waals surface area contributed by atoms with E-state index < -0.39 is 11.3 Å². The lowest BCUT2D eigenvalue weighted by atomic mass is 9.87. The van der Waals surface area contributed by atoms with Crippen molar-refractivity contribution in [3.05, 3.63) is 12.4 Å². The van der Waals surface area contributed by atoms with Crippen LogP contribution in [0.25, 0.3) is 0 Å². The number of amides is 2. The predicted molar refractivity (Wildman–Crippen MR) is 59.4 cm³/mol. The second-order valence-corrected chi connectivity index (χ2v) is 4.23. The van der Waals surface area contributed by atoms with Crippen molar-refractivity contribution >= 4 is 17.8 Å². The third kappa shape index (κ3) is 3.38. The van der Waals surface area contributed by atoms with Crippen LogP contribution in [0.5, 0.6) is 0 Å². The Kier molecular flexibility index (Phi) is 3.65. The van der Waals surface area contributed by atoms with E-state index in [-0.39, 0.29) is 12.3 Å². The predicted octanol–water partition coefficient (Wildman–Crippen LogP) is 0.640. The van der Waals surface area contributed by atoms with Gasteiger partial charge in [-0.1, -0.05) is 13.8 Å². The Bertz CT molecular complexity index is 370. The number of carbonyl (C=O) groups excluding carboxylic acids is 2. The molecule has 0 radical (unpaired) electrons. The molecular weight excluding hydrogens is 208 g/mol. The molecule has 0 aliphatic rings. The second kappa shape index (κ2) is 4.78. The van der Waals surface area contributed by atoms with Gasteiger partial charge in [-0.15, -0.1) is 0 Å². The second-order valence-electron chi connectivity index (χ2n) is 4.23. The topological polar surface area (TPSA) is 101 Å². The largest absolute Gasteiger partial charge is 0.369 e. The van der Waals surface area contributed by atoms with Gasteiger partial charge in [0.15, 0.2) is 0 Å². The quantitative estimate of drug-likeness (QED) is 0.684.